The largest absolute Gasteiger partial charge is 0.465 e. The monoisotopic (exact) mass is 306 g/mol. The van der Waals surface area contributed by atoms with Gasteiger partial charge in [0.05, 0.1) is 17.6 Å². The van der Waals surface area contributed by atoms with Crippen molar-refractivity contribution in [2.24, 2.45) is 0 Å². The van der Waals surface area contributed by atoms with E-state index in [2.05, 4.69) is 4.74 Å². The van der Waals surface area contributed by atoms with Crippen molar-refractivity contribution in [1.29, 1.82) is 0 Å². The highest BCUT2D eigenvalue weighted by molar-refractivity contribution is 7.89. The van der Waals surface area contributed by atoms with Gasteiger partial charge in [0.25, 0.3) is 5.69 Å². The summed E-state index contributed by atoms with van der Waals surface area (Å²) in [5.41, 5.74) is -0.577. The minimum Gasteiger partial charge on any atom is -0.465 e. The lowest BCUT2D eigenvalue weighted by Gasteiger charge is -2.07. The number of ether oxygens (including phenoxy) is 1. The van der Waals surface area contributed by atoms with E-state index in [1.165, 1.54) is 0 Å². The van der Waals surface area contributed by atoms with Crippen LogP contribution in [0.1, 0.15) is 6.92 Å². The van der Waals surface area contributed by atoms with Gasteiger partial charge in [-0.15, -0.1) is 0 Å². The molecule has 0 amide bonds. The Kier molecular flexibility index (Phi) is 5.11. The summed E-state index contributed by atoms with van der Waals surface area (Å²) >= 11 is 0. The highest BCUT2D eigenvalue weighted by atomic mass is 32.2. The lowest BCUT2D eigenvalue weighted by atomic mass is 10.3. The van der Waals surface area contributed by atoms with E-state index in [1.54, 1.807) is 6.92 Å². The molecule has 1 N–H and O–H groups in total. The summed E-state index contributed by atoms with van der Waals surface area (Å²) in [7, 11) is -4.30. The quantitative estimate of drug-likeness (QED) is 0.467. The van der Waals surface area contributed by atoms with Crippen molar-refractivity contribution in [2.75, 3.05) is 13.2 Å². The van der Waals surface area contributed by atoms with Gasteiger partial charge in [-0.3, -0.25) is 14.9 Å². The summed E-state index contributed by atoms with van der Waals surface area (Å²) in [5, 5.41) is 10.4. The van der Waals surface area contributed by atoms with Crippen LogP contribution in [0.5, 0.6) is 0 Å². The van der Waals surface area contributed by atoms with Gasteiger partial charge in [0.1, 0.15) is 17.3 Å². The summed E-state index contributed by atoms with van der Waals surface area (Å²) in [6, 6.07) is 2.09. The number of nitro groups is 1. The van der Waals surface area contributed by atoms with Gasteiger partial charge >= 0.3 is 5.97 Å². The molecule has 0 aliphatic carbocycles. The minimum atomic E-state index is -4.30. The van der Waals surface area contributed by atoms with Gasteiger partial charge in [-0.25, -0.2) is 12.8 Å². The second kappa shape index (κ2) is 6.39. The van der Waals surface area contributed by atoms with E-state index in [-0.39, 0.29) is 6.61 Å². The highest BCUT2D eigenvalue weighted by Gasteiger charge is 2.22. The molecule has 8 nitrogen and oxygen atoms in total. The molecule has 0 fully saturated rings. The first-order chi connectivity index (χ1) is 9.27. The number of rotatable bonds is 6. The molecule has 1 aromatic rings. The van der Waals surface area contributed by atoms with Gasteiger partial charge in [-0.1, -0.05) is 0 Å². The number of nitrogens with zero attached hydrogens (tertiary/aromatic N) is 1. The zero-order valence-electron chi connectivity index (χ0n) is 10.3. The molecule has 0 saturated heterocycles. The average molecular weight is 306 g/mol. The fraction of sp³-hybridized carbons (Fsp3) is 0.300. The third kappa shape index (κ3) is 3.96. The molecule has 0 saturated carbocycles. The molecular formula is C10H11FN2O6S. The van der Waals surface area contributed by atoms with Crippen molar-refractivity contribution >= 4 is 21.7 Å². The van der Waals surface area contributed by atoms with E-state index >= 15 is 0 Å². The molecule has 0 spiro atoms. The summed E-state index contributed by atoms with van der Waals surface area (Å²) in [4.78, 5) is 19.8. The molecule has 1 aromatic carbocycles. The third-order valence-electron chi connectivity index (χ3n) is 2.13. The molecule has 1 rings (SSSR count). The van der Waals surface area contributed by atoms with E-state index in [0.29, 0.717) is 6.07 Å². The van der Waals surface area contributed by atoms with Crippen LogP contribution >= 0.6 is 0 Å². The van der Waals surface area contributed by atoms with Crippen molar-refractivity contribution in [3.05, 3.63) is 34.1 Å². The topological polar surface area (TPSA) is 116 Å². The van der Waals surface area contributed by atoms with Crippen molar-refractivity contribution in [3.63, 3.8) is 0 Å². The predicted molar refractivity (Wildman–Crippen MR) is 64.9 cm³/mol. The van der Waals surface area contributed by atoms with E-state index in [1.807, 2.05) is 4.72 Å². The van der Waals surface area contributed by atoms with Gasteiger partial charge < -0.3 is 4.74 Å². The fourth-order valence-electron chi connectivity index (χ4n) is 1.26. The number of non-ortho nitro benzene ring substituents is 1. The van der Waals surface area contributed by atoms with Crippen LogP contribution in [0.15, 0.2) is 23.1 Å². The first-order valence-electron chi connectivity index (χ1n) is 5.37. The first kappa shape index (κ1) is 16.0. The van der Waals surface area contributed by atoms with Gasteiger partial charge in [0, 0.05) is 6.07 Å². The molecule has 10 heteroatoms. The van der Waals surface area contributed by atoms with E-state index in [9.17, 15) is 27.7 Å². The minimum absolute atomic E-state index is 0.0758. The number of esters is 1. The lowest BCUT2D eigenvalue weighted by molar-refractivity contribution is -0.385. The summed E-state index contributed by atoms with van der Waals surface area (Å²) < 4.78 is 43.3. The van der Waals surface area contributed by atoms with Crippen LogP contribution in [0.2, 0.25) is 0 Å². The molecule has 0 heterocycles. The number of halogens is 1. The zero-order valence-corrected chi connectivity index (χ0v) is 11.1. The van der Waals surface area contributed by atoms with Gasteiger partial charge in [-0.2, -0.15) is 4.72 Å². The van der Waals surface area contributed by atoms with Crippen LogP contribution < -0.4 is 4.72 Å². The molecule has 0 aliphatic rings. The maximum atomic E-state index is 13.5. The Morgan fingerprint density at radius 1 is 1.50 bits per heavy atom. The molecule has 0 aromatic heterocycles. The van der Waals surface area contributed by atoms with Crippen LogP contribution in [0.25, 0.3) is 0 Å². The Morgan fingerprint density at radius 2 is 2.15 bits per heavy atom. The van der Waals surface area contributed by atoms with Crippen LogP contribution in [0, 0.1) is 15.9 Å². The van der Waals surface area contributed by atoms with Crippen molar-refractivity contribution in [3.8, 4) is 0 Å². The molecular weight excluding hydrogens is 295 g/mol. The SMILES string of the molecule is CCOC(=O)CNS(=O)(=O)c1ccc([N+](=O)[O-])cc1F. The van der Waals surface area contributed by atoms with E-state index < -0.39 is 43.9 Å². The van der Waals surface area contributed by atoms with Gasteiger partial charge in [-0.05, 0) is 13.0 Å². The Balaban J connectivity index is 2.93. The molecule has 20 heavy (non-hydrogen) atoms. The number of hydrogen-bond acceptors (Lipinski definition) is 6. The number of nitrogens with one attached hydrogen (secondary N) is 1. The molecule has 0 bridgehead atoms. The number of nitro benzene ring substituents is 1. The van der Waals surface area contributed by atoms with Gasteiger partial charge in [0.15, 0.2) is 0 Å². The Bertz CT molecular complexity index is 631. The number of carbonyl (C=O) groups excluding carboxylic acids is 1. The predicted octanol–water partition coefficient (Wildman–Crippen LogP) is 0.575. The second-order valence-electron chi connectivity index (χ2n) is 3.50. The average Bonchev–Trinajstić information content (AvgIpc) is 2.36. The molecule has 110 valence electrons. The lowest BCUT2D eigenvalue weighted by Crippen LogP contribution is -2.31. The van der Waals surface area contributed by atoms with E-state index in [0.717, 1.165) is 12.1 Å². The maximum Gasteiger partial charge on any atom is 0.321 e. The summed E-state index contributed by atoms with van der Waals surface area (Å²) in [6.45, 7) is 0.960. The first-order valence-corrected chi connectivity index (χ1v) is 6.85. The van der Waals surface area contributed by atoms with Gasteiger partial charge in [0.2, 0.25) is 10.0 Å². The number of carbonyl (C=O) groups is 1. The molecule has 0 unspecified atom stereocenters. The molecule has 0 aliphatic heterocycles. The second-order valence-corrected chi connectivity index (χ2v) is 5.24. The summed E-state index contributed by atoms with van der Waals surface area (Å²) in [6.07, 6.45) is 0. The number of hydrogen-bond donors (Lipinski definition) is 1. The summed E-state index contributed by atoms with van der Waals surface area (Å²) in [5.74, 6) is -2.10. The maximum absolute atomic E-state index is 13.5. The van der Waals surface area contributed by atoms with Crippen molar-refractivity contribution in [1.82, 2.24) is 4.72 Å². The Labute approximate surface area is 113 Å². The zero-order chi connectivity index (χ0) is 15.3. The Hall–Kier alpha value is -2.07. The number of benzene rings is 1. The van der Waals surface area contributed by atoms with Crippen LogP contribution in [-0.2, 0) is 19.6 Å². The third-order valence-corrected chi connectivity index (χ3v) is 3.56. The molecule has 0 atom stereocenters. The Morgan fingerprint density at radius 3 is 2.65 bits per heavy atom. The highest BCUT2D eigenvalue weighted by Crippen LogP contribution is 2.20. The van der Waals surface area contributed by atoms with Crippen molar-refractivity contribution < 1.29 is 27.3 Å². The fourth-order valence-corrected chi connectivity index (χ4v) is 2.29. The van der Waals surface area contributed by atoms with Crippen LogP contribution in [0.3, 0.4) is 0 Å². The van der Waals surface area contributed by atoms with E-state index in [4.69, 9.17) is 0 Å². The normalized spacial score (nSPS) is 11.1. The number of sulfonamides is 1. The van der Waals surface area contributed by atoms with Crippen molar-refractivity contribution in [2.45, 2.75) is 11.8 Å². The molecule has 0 radical (unpaired) electrons. The smallest absolute Gasteiger partial charge is 0.321 e. The standard InChI is InChI=1S/C10H11FN2O6S/c1-2-19-10(14)6-12-20(17,18)9-4-3-7(13(15)16)5-8(9)11/h3-5,12H,2,6H2,1H3. The van der Waals surface area contributed by atoms with Crippen LogP contribution in [0.4, 0.5) is 10.1 Å². The van der Waals surface area contributed by atoms with Crippen LogP contribution in [-0.4, -0.2) is 32.5 Å².